The quantitative estimate of drug-likeness (QED) is 0.876. The van der Waals surface area contributed by atoms with Gasteiger partial charge in [0.1, 0.15) is 5.82 Å². The zero-order valence-electron chi connectivity index (χ0n) is 12.5. The summed E-state index contributed by atoms with van der Waals surface area (Å²) in [5, 5.41) is 3.64. The predicted molar refractivity (Wildman–Crippen MR) is 77.1 cm³/mol. The number of imidazole rings is 1. The number of alkyl halides is 2. The standard InChI is InChI=1S/C15H24F2N4/c1-2-6-20(10-14-18-5-7-21(14)15(16)17)13-8-11-3-4-12(9-13)19-11/h5,7,11-13,15,19H,2-4,6,8-10H2,1H3. The second kappa shape index (κ2) is 6.40. The van der Waals surface area contributed by atoms with Crippen molar-refractivity contribution in [3.8, 4) is 0 Å². The Hall–Kier alpha value is -1.01. The molecule has 0 aliphatic carbocycles. The fourth-order valence-electron chi connectivity index (χ4n) is 3.83. The summed E-state index contributed by atoms with van der Waals surface area (Å²) in [7, 11) is 0. The number of hydrogen-bond acceptors (Lipinski definition) is 3. The molecule has 0 radical (unpaired) electrons. The summed E-state index contributed by atoms with van der Waals surface area (Å²) in [6.07, 6.45) is 8.65. The van der Waals surface area contributed by atoms with Gasteiger partial charge in [-0.25, -0.2) is 4.98 Å². The Balaban J connectivity index is 1.70. The fraction of sp³-hybridized carbons (Fsp3) is 0.800. The van der Waals surface area contributed by atoms with Crippen LogP contribution in [-0.4, -0.2) is 39.1 Å². The smallest absolute Gasteiger partial charge is 0.311 e. The van der Waals surface area contributed by atoms with Gasteiger partial charge in [0.25, 0.3) is 0 Å². The number of nitrogens with one attached hydrogen (secondary N) is 1. The highest BCUT2D eigenvalue weighted by Gasteiger charge is 2.36. The number of hydrogen-bond donors (Lipinski definition) is 1. The molecule has 4 nitrogen and oxygen atoms in total. The van der Waals surface area contributed by atoms with Gasteiger partial charge in [0.05, 0.1) is 6.54 Å². The molecule has 3 rings (SSSR count). The second-order valence-corrected chi connectivity index (χ2v) is 6.26. The summed E-state index contributed by atoms with van der Waals surface area (Å²) >= 11 is 0. The van der Waals surface area contributed by atoms with Gasteiger partial charge in [0.2, 0.25) is 0 Å². The molecule has 2 aliphatic heterocycles. The Morgan fingerprint density at radius 2 is 2.10 bits per heavy atom. The molecule has 1 aromatic heterocycles. The molecule has 1 N–H and O–H groups in total. The molecule has 3 heterocycles. The number of fused-ring (bicyclic) bond motifs is 2. The lowest BCUT2D eigenvalue weighted by Crippen LogP contribution is -2.48. The van der Waals surface area contributed by atoms with Crippen LogP contribution in [0.5, 0.6) is 0 Å². The van der Waals surface area contributed by atoms with Crippen molar-refractivity contribution in [2.24, 2.45) is 0 Å². The molecule has 0 amide bonds. The van der Waals surface area contributed by atoms with E-state index in [2.05, 4.69) is 22.1 Å². The lowest BCUT2D eigenvalue weighted by Gasteiger charge is -2.37. The molecule has 2 aliphatic rings. The summed E-state index contributed by atoms with van der Waals surface area (Å²) in [6.45, 7) is 1.10. The zero-order chi connectivity index (χ0) is 14.8. The molecule has 118 valence electrons. The first-order valence-corrected chi connectivity index (χ1v) is 7.97. The van der Waals surface area contributed by atoms with E-state index in [9.17, 15) is 8.78 Å². The van der Waals surface area contributed by atoms with Crippen LogP contribution in [0, 0.1) is 0 Å². The van der Waals surface area contributed by atoms with E-state index in [0.717, 1.165) is 30.4 Å². The summed E-state index contributed by atoms with van der Waals surface area (Å²) in [5.74, 6) is 0.476. The third-order valence-electron chi connectivity index (χ3n) is 4.78. The molecule has 2 saturated heterocycles. The molecule has 2 bridgehead atoms. The Bertz CT molecular complexity index is 450. The number of piperidine rings is 1. The van der Waals surface area contributed by atoms with Crippen LogP contribution in [0.25, 0.3) is 0 Å². The highest BCUT2D eigenvalue weighted by atomic mass is 19.3. The van der Waals surface area contributed by atoms with Gasteiger partial charge >= 0.3 is 6.55 Å². The van der Waals surface area contributed by atoms with E-state index in [1.54, 1.807) is 0 Å². The normalized spacial score (nSPS) is 28.7. The van der Waals surface area contributed by atoms with Crippen molar-refractivity contribution in [3.05, 3.63) is 18.2 Å². The topological polar surface area (TPSA) is 33.1 Å². The maximum Gasteiger partial charge on any atom is 0.319 e. The molecule has 0 aromatic carbocycles. The average molecular weight is 298 g/mol. The molecular weight excluding hydrogens is 274 g/mol. The van der Waals surface area contributed by atoms with Crippen LogP contribution in [0.4, 0.5) is 8.78 Å². The van der Waals surface area contributed by atoms with E-state index in [4.69, 9.17) is 0 Å². The van der Waals surface area contributed by atoms with Crippen molar-refractivity contribution in [2.45, 2.75) is 70.2 Å². The van der Waals surface area contributed by atoms with Gasteiger partial charge in [-0.15, -0.1) is 0 Å². The molecule has 2 fully saturated rings. The number of aromatic nitrogens is 2. The van der Waals surface area contributed by atoms with Crippen LogP contribution in [0.3, 0.4) is 0 Å². The Labute approximate surface area is 124 Å². The average Bonchev–Trinajstić information content (AvgIpc) is 3.05. The van der Waals surface area contributed by atoms with Crippen LogP contribution in [0.15, 0.2) is 12.4 Å². The molecule has 2 unspecified atom stereocenters. The van der Waals surface area contributed by atoms with Gasteiger partial charge in [0, 0.05) is 30.5 Å². The van der Waals surface area contributed by atoms with E-state index >= 15 is 0 Å². The Morgan fingerprint density at radius 1 is 1.38 bits per heavy atom. The highest BCUT2D eigenvalue weighted by molar-refractivity contribution is 4.98. The van der Waals surface area contributed by atoms with Crippen molar-refractivity contribution in [2.75, 3.05) is 6.54 Å². The van der Waals surface area contributed by atoms with E-state index in [-0.39, 0.29) is 0 Å². The number of nitrogens with zero attached hydrogens (tertiary/aromatic N) is 3. The van der Waals surface area contributed by atoms with Crippen LogP contribution >= 0.6 is 0 Å². The molecule has 1 aromatic rings. The predicted octanol–water partition coefficient (Wildman–Crippen LogP) is 2.77. The first kappa shape index (κ1) is 14.9. The van der Waals surface area contributed by atoms with Gasteiger partial charge in [-0.05, 0) is 38.6 Å². The van der Waals surface area contributed by atoms with Crippen LogP contribution in [0.2, 0.25) is 0 Å². The molecule has 2 atom stereocenters. The van der Waals surface area contributed by atoms with Gasteiger partial charge in [-0.3, -0.25) is 9.47 Å². The van der Waals surface area contributed by atoms with Gasteiger partial charge in [-0.2, -0.15) is 8.78 Å². The highest BCUT2D eigenvalue weighted by Crippen LogP contribution is 2.30. The fourth-order valence-corrected chi connectivity index (χ4v) is 3.83. The maximum atomic E-state index is 13.0. The van der Waals surface area contributed by atoms with Crippen LogP contribution in [0.1, 0.15) is 51.4 Å². The van der Waals surface area contributed by atoms with Crippen LogP contribution in [-0.2, 0) is 6.54 Å². The zero-order valence-corrected chi connectivity index (χ0v) is 12.5. The summed E-state index contributed by atoms with van der Waals surface area (Å²) in [4.78, 5) is 6.49. The van der Waals surface area contributed by atoms with Gasteiger partial charge < -0.3 is 5.32 Å². The summed E-state index contributed by atoms with van der Waals surface area (Å²) in [5.41, 5.74) is 0. The third kappa shape index (κ3) is 3.26. The van der Waals surface area contributed by atoms with Crippen molar-refractivity contribution in [1.29, 1.82) is 0 Å². The molecule has 0 saturated carbocycles. The Morgan fingerprint density at radius 3 is 2.71 bits per heavy atom. The molecular formula is C15H24F2N4. The van der Waals surface area contributed by atoms with Crippen LogP contribution < -0.4 is 5.32 Å². The van der Waals surface area contributed by atoms with Crippen molar-refractivity contribution in [3.63, 3.8) is 0 Å². The maximum absolute atomic E-state index is 13.0. The monoisotopic (exact) mass is 298 g/mol. The van der Waals surface area contributed by atoms with Crippen molar-refractivity contribution in [1.82, 2.24) is 19.8 Å². The lowest BCUT2D eigenvalue weighted by atomic mass is 9.98. The minimum absolute atomic E-state index is 0.476. The molecule has 6 heteroatoms. The number of halogens is 2. The van der Waals surface area contributed by atoms with E-state index in [1.165, 1.54) is 25.2 Å². The minimum atomic E-state index is -2.50. The van der Waals surface area contributed by atoms with Gasteiger partial charge in [0.15, 0.2) is 0 Å². The van der Waals surface area contributed by atoms with E-state index < -0.39 is 6.55 Å². The van der Waals surface area contributed by atoms with E-state index in [1.807, 2.05) is 0 Å². The first-order chi connectivity index (χ1) is 10.2. The van der Waals surface area contributed by atoms with Crippen molar-refractivity contribution < 1.29 is 8.78 Å². The molecule has 21 heavy (non-hydrogen) atoms. The first-order valence-electron chi connectivity index (χ1n) is 7.97. The summed E-state index contributed by atoms with van der Waals surface area (Å²) < 4.78 is 26.9. The molecule has 0 spiro atoms. The third-order valence-corrected chi connectivity index (χ3v) is 4.78. The van der Waals surface area contributed by atoms with Gasteiger partial charge in [-0.1, -0.05) is 6.92 Å². The summed E-state index contributed by atoms with van der Waals surface area (Å²) in [6, 6.07) is 1.72. The van der Waals surface area contributed by atoms with Crippen molar-refractivity contribution >= 4 is 0 Å². The minimum Gasteiger partial charge on any atom is -0.311 e. The number of rotatable bonds is 6. The largest absolute Gasteiger partial charge is 0.319 e. The SMILES string of the molecule is CCCN(Cc1nccn1C(F)F)C1CC2CCC(C1)N2. The second-order valence-electron chi connectivity index (χ2n) is 6.26. The lowest BCUT2D eigenvalue weighted by molar-refractivity contribution is 0.0596. The van der Waals surface area contributed by atoms with E-state index in [0.29, 0.717) is 30.5 Å². The Kier molecular flexibility index (Phi) is 4.54.